The Labute approximate surface area is 196 Å². The van der Waals surface area contributed by atoms with Crippen LogP contribution in [0.25, 0.3) is 0 Å². The minimum atomic E-state index is -0.460. The van der Waals surface area contributed by atoms with E-state index in [0.29, 0.717) is 16.5 Å². The van der Waals surface area contributed by atoms with E-state index >= 15 is 0 Å². The third-order valence-electron chi connectivity index (χ3n) is 5.14. The predicted molar refractivity (Wildman–Crippen MR) is 126 cm³/mol. The van der Waals surface area contributed by atoms with Crippen LogP contribution in [0.2, 0.25) is 5.02 Å². The Kier molecular flexibility index (Phi) is 7.97. The lowest BCUT2D eigenvalue weighted by atomic mass is 9.95. The Morgan fingerprint density at radius 3 is 2.41 bits per heavy atom. The van der Waals surface area contributed by atoms with E-state index in [0.717, 1.165) is 31.6 Å². The van der Waals surface area contributed by atoms with Crippen LogP contribution in [0.5, 0.6) is 0 Å². The number of hydrogen-bond acceptors (Lipinski definition) is 6. The van der Waals surface area contributed by atoms with Crippen molar-refractivity contribution in [3.05, 3.63) is 71.9 Å². The highest BCUT2D eigenvalue weighted by Crippen LogP contribution is 2.24. The Morgan fingerprint density at radius 1 is 0.969 bits per heavy atom. The molecule has 10 heteroatoms. The van der Waals surface area contributed by atoms with Gasteiger partial charge in [0.1, 0.15) is 5.82 Å². The molecule has 8 nitrogen and oxygen atoms in total. The molecular formula is C22H22Cl2N6O2. The van der Waals surface area contributed by atoms with Crippen LogP contribution < -0.4 is 15.5 Å². The number of rotatable bonds is 5. The quantitative estimate of drug-likeness (QED) is 0.580. The third-order valence-corrected chi connectivity index (χ3v) is 5.37. The summed E-state index contributed by atoms with van der Waals surface area (Å²) >= 11 is 5.82. The summed E-state index contributed by atoms with van der Waals surface area (Å²) in [7, 11) is 0. The molecule has 166 valence electrons. The Morgan fingerprint density at radius 2 is 1.72 bits per heavy atom. The largest absolute Gasteiger partial charge is 0.371 e. The number of carbonyl (C=O) groups excluding carboxylic acids is 2. The smallest absolute Gasteiger partial charge is 0.277 e. The lowest BCUT2D eigenvalue weighted by Crippen LogP contribution is -2.38. The molecule has 0 aromatic carbocycles. The van der Waals surface area contributed by atoms with E-state index in [4.69, 9.17) is 11.6 Å². The first-order valence-corrected chi connectivity index (χ1v) is 10.3. The average Bonchev–Trinajstić information content (AvgIpc) is 2.81. The van der Waals surface area contributed by atoms with Gasteiger partial charge in [0.15, 0.2) is 5.69 Å². The predicted octanol–water partition coefficient (Wildman–Crippen LogP) is 4.05. The fourth-order valence-corrected chi connectivity index (χ4v) is 3.61. The molecule has 1 aliphatic rings. The summed E-state index contributed by atoms with van der Waals surface area (Å²) in [5.74, 6) is -0.354. The van der Waals surface area contributed by atoms with E-state index in [9.17, 15) is 9.59 Å². The molecule has 0 bridgehead atoms. The second kappa shape index (κ2) is 10.9. The van der Waals surface area contributed by atoms with Gasteiger partial charge < -0.3 is 15.5 Å². The number of piperidine rings is 1. The Balaban J connectivity index is 0.00000289. The van der Waals surface area contributed by atoms with E-state index in [2.05, 4.69) is 30.5 Å². The molecule has 3 aromatic rings. The summed E-state index contributed by atoms with van der Waals surface area (Å²) in [5, 5.41) is 6.02. The standard InChI is InChI=1S/C22H21ClN6O2.ClH/c23-16-3-4-19(26-14-16)28-22(31)20-18(2-1-9-25-20)27-21(30)15-7-12-29(13-8-15)17-5-10-24-11-6-17;/h1-6,9-11,14-15H,7-8,12-13H2,(H,27,30)(H,26,28,31);1H. The van der Waals surface area contributed by atoms with Crippen molar-refractivity contribution in [2.24, 2.45) is 5.92 Å². The zero-order chi connectivity index (χ0) is 21.6. The van der Waals surface area contributed by atoms with Crippen molar-refractivity contribution >= 4 is 53.0 Å². The van der Waals surface area contributed by atoms with Gasteiger partial charge >= 0.3 is 0 Å². The van der Waals surface area contributed by atoms with Gasteiger partial charge in [-0.3, -0.25) is 14.6 Å². The summed E-state index contributed by atoms with van der Waals surface area (Å²) in [4.78, 5) is 40.0. The van der Waals surface area contributed by atoms with Crippen molar-refractivity contribution in [1.29, 1.82) is 0 Å². The van der Waals surface area contributed by atoms with Crippen LogP contribution in [0.1, 0.15) is 23.3 Å². The van der Waals surface area contributed by atoms with Crippen LogP contribution in [-0.2, 0) is 4.79 Å². The number of nitrogens with one attached hydrogen (secondary N) is 2. The molecule has 2 amide bonds. The van der Waals surface area contributed by atoms with Gasteiger partial charge in [0.25, 0.3) is 5.91 Å². The Bertz CT molecular complexity index is 1060. The number of pyridine rings is 3. The summed E-state index contributed by atoms with van der Waals surface area (Å²) in [6, 6.07) is 10.5. The monoisotopic (exact) mass is 472 g/mol. The molecule has 4 heterocycles. The van der Waals surface area contributed by atoms with E-state index in [1.807, 2.05) is 12.1 Å². The van der Waals surface area contributed by atoms with Gasteiger partial charge in [-0.1, -0.05) is 11.6 Å². The van der Waals surface area contributed by atoms with Crippen LogP contribution in [0.15, 0.2) is 61.2 Å². The summed E-state index contributed by atoms with van der Waals surface area (Å²) in [6.45, 7) is 1.56. The first-order valence-electron chi connectivity index (χ1n) is 9.94. The number of halogens is 2. The summed E-state index contributed by atoms with van der Waals surface area (Å²) in [5.41, 5.74) is 1.60. The lowest BCUT2D eigenvalue weighted by Gasteiger charge is -2.32. The molecular weight excluding hydrogens is 451 g/mol. The number of anilines is 3. The normalized spacial score (nSPS) is 13.7. The number of aromatic nitrogens is 3. The second-order valence-electron chi connectivity index (χ2n) is 7.17. The van der Waals surface area contributed by atoms with Gasteiger partial charge in [-0.15, -0.1) is 12.4 Å². The van der Waals surface area contributed by atoms with Crippen molar-refractivity contribution in [1.82, 2.24) is 15.0 Å². The Hall–Kier alpha value is -3.23. The molecule has 0 radical (unpaired) electrons. The first kappa shape index (κ1) is 23.4. The minimum Gasteiger partial charge on any atom is -0.371 e. The molecule has 2 N–H and O–H groups in total. The molecule has 0 spiro atoms. The van der Waals surface area contributed by atoms with Crippen LogP contribution in [0.4, 0.5) is 17.2 Å². The van der Waals surface area contributed by atoms with Gasteiger partial charge in [-0.05, 0) is 49.2 Å². The zero-order valence-electron chi connectivity index (χ0n) is 17.1. The van der Waals surface area contributed by atoms with E-state index in [1.165, 1.54) is 12.4 Å². The lowest BCUT2D eigenvalue weighted by molar-refractivity contribution is -0.120. The second-order valence-corrected chi connectivity index (χ2v) is 7.61. The van der Waals surface area contributed by atoms with Gasteiger partial charge in [0.05, 0.1) is 10.7 Å². The number of hydrogen-bond donors (Lipinski definition) is 2. The molecule has 0 unspecified atom stereocenters. The first-order chi connectivity index (χ1) is 15.1. The molecule has 1 fully saturated rings. The average molecular weight is 473 g/mol. The highest BCUT2D eigenvalue weighted by atomic mass is 35.5. The number of carbonyl (C=O) groups is 2. The van der Waals surface area contributed by atoms with Gasteiger partial charge in [-0.2, -0.15) is 0 Å². The van der Waals surface area contributed by atoms with Gasteiger partial charge in [0, 0.05) is 49.5 Å². The summed E-state index contributed by atoms with van der Waals surface area (Å²) in [6.07, 6.45) is 7.93. The number of amides is 2. The molecule has 0 aliphatic carbocycles. The van der Waals surface area contributed by atoms with Crippen LogP contribution in [0, 0.1) is 5.92 Å². The van der Waals surface area contributed by atoms with Gasteiger partial charge in [0.2, 0.25) is 5.91 Å². The topological polar surface area (TPSA) is 100 Å². The number of nitrogens with zero attached hydrogens (tertiary/aromatic N) is 4. The molecule has 1 saturated heterocycles. The minimum absolute atomic E-state index is 0. The van der Waals surface area contributed by atoms with Crippen LogP contribution in [-0.4, -0.2) is 39.9 Å². The highest BCUT2D eigenvalue weighted by Gasteiger charge is 2.26. The maximum absolute atomic E-state index is 12.9. The maximum Gasteiger partial charge on any atom is 0.277 e. The fraction of sp³-hybridized carbons (Fsp3) is 0.227. The molecule has 0 atom stereocenters. The van der Waals surface area contributed by atoms with Gasteiger partial charge in [-0.25, -0.2) is 9.97 Å². The van der Waals surface area contributed by atoms with Crippen molar-refractivity contribution in [3.63, 3.8) is 0 Å². The van der Waals surface area contributed by atoms with Crippen LogP contribution in [0.3, 0.4) is 0 Å². The molecule has 4 rings (SSSR count). The molecule has 32 heavy (non-hydrogen) atoms. The molecule has 3 aromatic heterocycles. The van der Waals surface area contributed by atoms with Crippen molar-refractivity contribution in [2.75, 3.05) is 28.6 Å². The molecule has 1 aliphatic heterocycles. The zero-order valence-corrected chi connectivity index (χ0v) is 18.6. The summed E-state index contributed by atoms with van der Waals surface area (Å²) < 4.78 is 0. The molecule has 0 saturated carbocycles. The van der Waals surface area contributed by atoms with E-state index in [-0.39, 0.29) is 29.9 Å². The van der Waals surface area contributed by atoms with Crippen molar-refractivity contribution in [3.8, 4) is 0 Å². The van der Waals surface area contributed by atoms with Crippen molar-refractivity contribution in [2.45, 2.75) is 12.8 Å². The fourth-order valence-electron chi connectivity index (χ4n) is 3.50. The SMILES string of the molecule is Cl.O=C(Nc1ccc(Cl)cn1)c1ncccc1NC(=O)C1CCN(c2ccncc2)CC1. The van der Waals surface area contributed by atoms with E-state index < -0.39 is 5.91 Å². The highest BCUT2D eigenvalue weighted by molar-refractivity contribution is 6.30. The van der Waals surface area contributed by atoms with Crippen LogP contribution >= 0.6 is 24.0 Å². The van der Waals surface area contributed by atoms with Crippen molar-refractivity contribution < 1.29 is 9.59 Å². The third kappa shape index (κ3) is 5.72. The van der Waals surface area contributed by atoms with E-state index in [1.54, 1.807) is 36.7 Å². The maximum atomic E-state index is 12.9.